The normalized spacial score (nSPS) is 10.6. The Morgan fingerprint density at radius 1 is 1.17 bits per heavy atom. The quantitative estimate of drug-likeness (QED) is 0.519. The number of ketones is 1. The number of carbonyl (C=O) groups excluding carboxylic acids is 1. The number of ether oxygens (including phenoxy) is 1. The Morgan fingerprint density at radius 3 is 2.62 bits per heavy atom. The first kappa shape index (κ1) is 16.9. The van der Waals surface area contributed by atoms with E-state index in [0.29, 0.717) is 11.6 Å². The van der Waals surface area contributed by atoms with Crippen LogP contribution in [0.5, 0.6) is 5.75 Å². The van der Waals surface area contributed by atoms with Gasteiger partial charge in [-0.25, -0.2) is 0 Å². The van der Waals surface area contributed by atoms with Crippen LogP contribution in [-0.4, -0.2) is 22.5 Å². The molecule has 0 unspecified atom stereocenters. The number of halogens is 2. The zero-order valence-electron chi connectivity index (χ0n) is 12.6. The maximum atomic E-state index is 12.1. The van der Waals surface area contributed by atoms with Crippen LogP contribution in [0.1, 0.15) is 16.2 Å². The van der Waals surface area contributed by atoms with Gasteiger partial charge in [0.25, 0.3) is 11.7 Å². The van der Waals surface area contributed by atoms with Crippen LogP contribution >= 0.6 is 31.9 Å². The third kappa shape index (κ3) is 3.91. The van der Waals surface area contributed by atoms with Crippen molar-refractivity contribution >= 4 is 37.6 Å². The molecule has 2 aromatic carbocycles. The van der Waals surface area contributed by atoms with Crippen molar-refractivity contribution < 1.29 is 14.1 Å². The minimum atomic E-state index is -0.369. The van der Waals surface area contributed by atoms with E-state index in [1.54, 1.807) is 6.07 Å². The Kier molecular flexibility index (Phi) is 5.11. The number of benzene rings is 2. The molecule has 0 aliphatic heterocycles. The molecule has 0 aliphatic carbocycles. The van der Waals surface area contributed by atoms with Gasteiger partial charge in [0.2, 0.25) is 5.82 Å². The fourth-order valence-electron chi connectivity index (χ4n) is 1.97. The molecule has 0 atom stereocenters. The minimum absolute atomic E-state index is 0.0678. The van der Waals surface area contributed by atoms with Crippen LogP contribution in [-0.2, 0) is 0 Å². The Hall–Kier alpha value is -1.99. The highest BCUT2D eigenvalue weighted by molar-refractivity contribution is 9.10. The van der Waals surface area contributed by atoms with E-state index in [0.717, 1.165) is 20.1 Å². The molecule has 0 radical (unpaired) electrons. The van der Waals surface area contributed by atoms with Gasteiger partial charge in [0.15, 0.2) is 6.61 Å². The Bertz CT molecular complexity index is 876. The maximum absolute atomic E-state index is 12.1. The zero-order chi connectivity index (χ0) is 17.1. The lowest BCUT2D eigenvalue weighted by Gasteiger charge is -2.05. The Morgan fingerprint density at radius 2 is 1.92 bits per heavy atom. The number of Topliss-reactive ketones (excluding diaryl/α,β-unsaturated/α-hetero) is 1. The molecule has 0 N–H and O–H groups in total. The topological polar surface area (TPSA) is 65.2 Å². The van der Waals surface area contributed by atoms with Crippen LogP contribution in [0.15, 0.2) is 55.9 Å². The molecule has 0 saturated heterocycles. The highest BCUT2D eigenvalue weighted by Crippen LogP contribution is 2.22. The van der Waals surface area contributed by atoms with E-state index in [1.807, 2.05) is 43.3 Å². The van der Waals surface area contributed by atoms with Crippen molar-refractivity contribution in [2.24, 2.45) is 0 Å². The molecular weight excluding hydrogens is 440 g/mol. The average Bonchev–Trinajstić information content (AvgIpc) is 3.06. The molecule has 5 nitrogen and oxygen atoms in total. The minimum Gasteiger partial charge on any atom is -0.485 e. The van der Waals surface area contributed by atoms with Gasteiger partial charge in [-0.1, -0.05) is 37.0 Å². The Balaban J connectivity index is 1.67. The predicted molar refractivity (Wildman–Crippen MR) is 96.1 cm³/mol. The van der Waals surface area contributed by atoms with E-state index >= 15 is 0 Å². The number of hydrogen-bond acceptors (Lipinski definition) is 5. The molecule has 0 saturated carbocycles. The first-order valence-electron chi connectivity index (χ1n) is 7.05. The molecule has 122 valence electrons. The second-order valence-electron chi connectivity index (χ2n) is 5.05. The summed E-state index contributed by atoms with van der Waals surface area (Å²) >= 11 is 6.78. The lowest BCUT2D eigenvalue weighted by Crippen LogP contribution is -2.12. The Labute approximate surface area is 155 Å². The van der Waals surface area contributed by atoms with Crippen molar-refractivity contribution in [3.63, 3.8) is 0 Å². The summed E-state index contributed by atoms with van der Waals surface area (Å²) < 4.78 is 12.4. The molecular formula is C17H12Br2N2O3. The largest absolute Gasteiger partial charge is 0.485 e. The second-order valence-corrected chi connectivity index (χ2v) is 6.82. The number of rotatable bonds is 5. The molecule has 0 fully saturated rings. The van der Waals surface area contributed by atoms with Crippen molar-refractivity contribution in [3.8, 4) is 17.1 Å². The van der Waals surface area contributed by atoms with Crippen LogP contribution < -0.4 is 4.74 Å². The molecule has 3 aromatic rings. The van der Waals surface area contributed by atoms with Crippen molar-refractivity contribution in [2.75, 3.05) is 6.61 Å². The van der Waals surface area contributed by atoms with Crippen molar-refractivity contribution in [1.82, 2.24) is 10.1 Å². The van der Waals surface area contributed by atoms with Gasteiger partial charge in [-0.15, -0.1) is 0 Å². The summed E-state index contributed by atoms with van der Waals surface area (Å²) in [5.41, 5.74) is 1.79. The number of aryl methyl sites for hydroxylation is 1. The van der Waals surface area contributed by atoms with E-state index in [-0.39, 0.29) is 18.3 Å². The van der Waals surface area contributed by atoms with Crippen molar-refractivity contribution in [1.29, 1.82) is 0 Å². The molecule has 24 heavy (non-hydrogen) atoms. The molecule has 3 rings (SSSR count). The molecule has 0 bridgehead atoms. The standard InChI is InChI=1S/C17H12Br2N2O3/c1-10-8-13(6-7-14(10)19)23-9-15(22)17-20-16(21-24-17)11-2-4-12(18)5-3-11/h2-8H,9H2,1H3. The first-order chi connectivity index (χ1) is 11.5. The highest BCUT2D eigenvalue weighted by Gasteiger charge is 2.17. The summed E-state index contributed by atoms with van der Waals surface area (Å²) in [5, 5.41) is 3.83. The predicted octanol–water partition coefficient (Wildman–Crippen LogP) is 4.83. The molecule has 0 amide bonds. The van der Waals surface area contributed by atoms with Crippen molar-refractivity contribution in [3.05, 3.63) is 62.9 Å². The van der Waals surface area contributed by atoms with Gasteiger partial charge in [-0.2, -0.15) is 4.98 Å². The van der Waals surface area contributed by atoms with Crippen LogP contribution in [0.4, 0.5) is 0 Å². The van der Waals surface area contributed by atoms with E-state index in [1.165, 1.54) is 0 Å². The number of nitrogens with zero attached hydrogens (tertiary/aromatic N) is 2. The van der Waals surface area contributed by atoms with E-state index in [2.05, 4.69) is 42.0 Å². The van der Waals surface area contributed by atoms with Crippen LogP contribution in [0.2, 0.25) is 0 Å². The van der Waals surface area contributed by atoms with Gasteiger partial charge >= 0.3 is 0 Å². The third-order valence-corrected chi connectivity index (χ3v) is 4.68. The average molecular weight is 452 g/mol. The maximum Gasteiger partial charge on any atom is 0.298 e. The van der Waals surface area contributed by atoms with E-state index in [4.69, 9.17) is 9.26 Å². The summed E-state index contributed by atoms with van der Waals surface area (Å²) in [4.78, 5) is 16.3. The van der Waals surface area contributed by atoms with Crippen LogP contribution in [0.25, 0.3) is 11.4 Å². The first-order valence-corrected chi connectivity index (χ1v) is 8.63. The lowest BCUT2D eigenvalue weighted by atomic mass is 10.2. The summed E-state index contributed by atoms with van der Waals surface area (Å²) in [6.45, 7) is 1.78. The van der Waals surface area contributed by atoms with E-state index < -0.39 is 0 Å². The second kappa shape index (κ2) is 7.27. The molecule has 7 heteroatoms. The van der Waals surface area contributed by atoms with E-state index in [9.17, 15) is 4.79 Å². The smallest absolute Gasteiger partial charge is 0.298 e. The molecule has 0 spiro atoms. The summed E-state index contributed by atoms with van der Waals surface area (Å²) in [7, 11) is 0. The molecule has 1 heterocycles. The van der Waals surface area contributed by atoms with Gasteiger partial charge < -0.3 is 9.26 Å². The lowest BCUT2D eigenvalue weighted by molar-refractivity contribution is 0.0877. The fourth-order valence-corrected chi connectivity index (χ4v) is 2.48. The monoisotopic (exact) mass is 450 g/mol. The molecule has 1 aromatic heterocycles. The van der Waals surface area contributed by atoms with Gasteiger partial charge in [0.05, 0.1) is 0 Å². The van der Waals surface area contributed by atoms with Gasteiger partial charge in [-0.05, 0) is 55.0 Å². The third-order valence-electron chi connectivity index (χ3n) is 3.27. The van der Waals surface area contributed by atoms with Crippen LogP contribution in [0, 0.1) is 6.92 Å². The van der Waals surface area contributed by atoms with Crippen molar-refractivity contribution in [2.45, 2.75) is 6.92 Å². The fraction of sp³-hybridized carbons (Fsp3) is 0.118. The number of aromatic nitrogens is 2. The van der Waals surface area contributed by atoms with Gasteiger partial charge in [-0.3, -0.25) is 4.79 Å². The number of carbonyl (C=O) groups is 1. The summed E-state index contributed by atoms with van der Waals surface area (Å²) in [6, 6.07) is 12.9. The SMILES string of the molecule is Cc1cc(OCC(=O)c2nc(-c3ccc(Br)cc3)no2)ccc1Br. The highest BCUT2D eigenvalue weighted by atomic mass is 79.9. The number of hydrogen-bond donors (Lipinski definition) is 0. The summed E-state index contributed by atoms with van der Waals surface area (Å²) in [5.74, 6) is 0.537. The zero-order valence-corrected chi connectivity index (χ0v) is 15.8. The summed E-state index contributed by atoms with van der Waals surface area (Å²) in [6.07, 6.45) is 0. The van der Waals surface area contributed by atoms with Gasteiger partial charge in [0.1, 0.15) is 5.75 Å². The van der Waals surface area contributed by atoms with Gasteiger partial charge in [0, 0.05) is 14.5 Å². The molecule has 0 aliphatic rings. The van der Waals surface area contributed by atoms with Crippen LogP contribution in [0.3, 0.4) is 0 Å².